The Balaban J connectivity index is 3.27. The second-order valence-electron chi connectivity index (χ2n) is 3.03. The Labute approximate surface area is 92.6 Å². The molecule has 0 heterocycles. The van der Waals surface area contributed by atoms with Crippen LogP contribution in [0.5, 0.6) is 5.75 Å². The van der Waals surface area contributed by atoms with Gasteiger partial charge in [-0.1, -0.05) is 3.89 Å². The Bertz CT molecular complexity index is 512. The first kappa shape index (κ1) is 12.4. The molecule has 5 nitrogen and oxygen atoms in total. The van der Waals surface area contributed by atoms with E-state index in [9.17, 15) is 17.1 Å². The fourth-order valence-electron chi connectivity index (χ4n) is 1.25. The van der Waals surface area contributed by atoms with Gasteiger partial charge in [0.15, 0.2) is 6.29 Å². The van der Waals surface area contributed by atoms with E-state index in [1.54, 1.807) is 14.0 Å². The molecule has 1 aromatic carbocycles. The van der Waals surface area contributed by atoms with Crippen LogP contribution < -0.4 is 9.50 Å². The summed E-state index contributed by atoms with van der Waals surface area (Å²) in [4.78, 5) is 10.7. The van der Waals surface area contributed by atoms with Gasteiger partial charge in [-0.2, -0.15) is 8.42 Å². The Morgan fingerprint density at radius 2 is 2.06 bits per heavy atom. The molecule has 1 N–H and O–H groups in total. The van der Waals surface area contributed by atoms with Crippen molar-refractivity contribution in [3.63, 3.8) is 0 Å². The molecule has 16 heavy (non-hydrogen) atoms. The van der Waals surface area contributed by atoms with Crippen LogP contribution in [0.15, 0.2) is 12.1 Å². The number of halogens is 1. The highest BCUT2D eigenvalue weighted by Crippen LogP contribution is 2.26. The summed E-state index contributed by atoms with van der Waals surface area (Å²) >= 11 is 0. The lowest BCUT2D eigenvalue weighted by molar-refractivity contribution is 0.112. The molecule has 0 spiro atoms. The van der Waals surface area contributed by atoms with Gasteiger partial charge in [-0.05, 0) is 18.6 Å². The summed E-state index contributed by atoms with van der Waals surface area (Å²) in [6.45, 7) is 1.67. The van der Waals surface area contributed by atoms with Crippen LogP contribution in [0.1, 0.15) is 15.9 Å². The highest BCUT2D eigenvalue weighted by Gasteiger charge is 2.13. The summed E-state index contributed by atoms with van der Waals surface area (Å²) in [6, 6.07) is 2.44. The molecule has 0 saturated carbocycles. The van der Waals surface area contributed by atoms with Crippen LogP contribution in [-0.2, 0) is 10.5 Å². The smallest absolute Gasteiger partial charge is 0.388 e. The van der Waals surface area contributed by atoms with Crippen LogP contribution in [-0.4, -0.2) is 21.8 Å². The van der Waals surface area contributed by atoms with Crippen molar-refractivity contribution in [2.24, 2.45) is 0 Å². The van der Waals surface area contributed by atoms with Crippen molar-refractivity contribution >= 4 is 22.5 Å². The maximum Gasteiger partial charge on any atom is 0.488 e. The first-order chi connectivity index (χ1) is 7.37. The average molecular weight is 247 g/mol. The molecule has 0 aliphatic rings. The average Bonchev–Trinajstić information content (AvgIpc) is 2.18. The number of hydrogen-bond donors (Lipinski definition) is 1. The fourth-order valence-corrected chi connectivity index (χ4v) is 1.58. The number of aldehydes is 1. The van der Waals surface area contributed by atoms with Crippen LogP contribution in [0.2, 0.25) is 0 Å². The minimum absolute atomic E-state index is 0.227. The van der Waals surface area contributed by atoms with Crippen molar-refractivity contribution in [3.05, 3.63) is 23.3 Å². The molecule has 0 amide bonds. The van der Waals surface area contributed by atoms with Crippen molar-refractivity contribution in [2.75, 3.05) is 12.4 Å². The number of carbonyl (C=O) groups excluding carboxylic acids is 1. The maximum atomic E-state index is 12.3. The molecule has 0 saturated heterocycles. The molecule has 0 fully saturated rings. The second-order valence-corrected chi connectivity index (χ2v) is 3.98. The Morgan fingerprint density at radius 1 is 1.44 bits per heavy atom. The van der Waals surface area contributed by atoms with E-state index in [1.165, 1.54) is 6.07 Å². The van der Waals surface area contributed by atoms with Crippen LogP contribution in [0, 0.1) is 6.92 Å². The predicted molar refractivity (Wildman–Crippen MR) is 56.8 cm³/mol. The van der Waals surface area contributed by atoms with Gasteiger partial charge in [0.05, 0.1) is 0 Å². The van der Waals surface area contributed by atoms with Crippen LogP contribution in [0.25, 0.3) is 0 Å². The van der Waals surface area contributed by atoms with E-state index in [0.717, 1.165) is 6.07 Å². The number of rotatable bonds is 4. The largest absolute Gasteiger partial charge is 0.488 e. The van der Waals surface area contributed by atoms with E-state index in [2.05, 4.69) is 9.50 Å². The van der Waals surface area contributed by atoms with Crippen molar-refractivity contribution in [3.8, 4) is 5.75 Å². The van der Waals surface area contributed by atoms with Gasteiger partial charge in [0.2, 0.25) is 0 Å². The van der Waals surface area contributed by atoms with E-state index in [0.29, 0.717) is 17.5 Å². The van der Waals surface area contributed by atoms with Crippen molar-refractivity contribution in [2.45, 2.75) is 6.92 Å². The summed E-state index contributed by atoms with van der Waals surface area (Å²) < 4.78 is 36.9. The fraction of sp³-hybridized carbons (Fsp3) is 0.222. The number of hydrogen-bond acceptors (Lipinski definition) is 5. The highest BCUT2D eigenvalue weighted by atomic mass is 32.3. The summed E-state index contributed by atoms with van der Waals surface area (Å²) in [5.41, 5.74) is 1.34. The normalized spacial score (nSPS) is 10.9. The van der Waals surface area contributed by atoms with Crippen molar-refractivity contribution < 1.29 is 21.3 Å². The Kier molecular flexibility index (Phi) is 3.48. The zero-order valence-corrected chi connectivity index (χ0v) is 9.47. The van der Waals surface area contributed by atoms with Gasteiger partial charge in [-0.25, -0.2) is 0 Å². The number of carbonyl (C=O) groups is 1. The summed E-state index contributed by atoms with van der Waals surface area (Å²) in [7, 11) is -3.50. The molecule has 0 aliphatic carbocycles. The zero-order chi connectivity index (χ0) is 12.3. The topological polar surface area (TPSA) is 72.5 Å². The highest BCUT2D eigenvalue weighted by molar-refractivity contribution is 7.81. The van der Waals surface area contributed by atoms with E-state index in [4.69, 9.17) is 0 Å². The molecule has 0 atom stereocenters. The standard InChI is InChI=1S/C9H10FNO4S/c1-6-7(5-12)3-8(4-9(6)11-2)15-16(10,13)14/h3-5,11H,1-2H3. The van der Waals surface area contributed by atoms with Crippen LogP contribution in [0.3, 0.4) is 0 Å². The molecule has 1 rings (SSSR count). The van der Waals surface area contributed by atoms with Gasteiger partial charge in [-0.15, -0.1) is 0 Å². The third kappa shape index (κ3) is 2.93. The lowest BCUT2D eigenvalue weighted by Crippen LogP contribution is -2.04. The number of nitrogens with one attached hydrogen (secondary N) is 1. The van der Waals surface area contributed by atoms with E-state index in [1.807, 2.05) is 0 Å². The number of benzene rings is 1. The van der Waals surface area contributed by atoms with Gasteiger partial charge < -0.3 is 9.50 Å². The third-order valence-electron chi connectivity index (χ3n) is 2.01. The molecule has 1 aromatic rings. The zero-order valence-electron chi connectivity index (χ0n) is 8.65. The minimum atomic E-state index is -5.08. The minimum Gasteiger partial charge on any atom is -0.388 e. The summed E-state index contributed by atoms with van der Waals surface area (Å²) in [5.74, 6) is -0.250. The molecule has 0 unspecified atom stereocenters. The van der Waals surface area contributed by atoms with E-state index < -0.39 is 10.5 Å². The molecule has 0 aliphatic heterocycles. The van der Waals surface area contributed by atoms with Gasteiger partial charge in [0, 0.05) is 24.4 Å². The maximum absolute atomic E-state index is 12.3. The number of anilines is 1. The van der Waals surface area contributed by atoms with E-state index in [-0.39, 0.29) is 11.3 Å². The van der Waals surface area contributed by atoms with Crippen LogP contribution >= 0.6 is 0 Å². The second kappa shape index (κ2) is 4.48. The van der Waals surface area contributed by atoms with Gasteiger partial charge >= 0.3 is 10.5 Å². The van der Waals surface area contributed by atoms with Gasteiger partial charge in [0.25, 0.3) is 0 Å². The Hall–Kier alpha value is -1.63. The summed E-state index contributed by atoms with van der Waals surface area (Å²) in [5, 5.41) is 2.74. The van der Waals surface area contributed by atoms with Crippen LogP contribution in [0.4, 0.5) is 9.57 Å². The molecule has 0 radical (unpaired) electrons. The monoisotopic (exact) mass is 247 g/mol. The summed E-state index contributed by atoms with van der Waals surface area (Å²) in [6.07, 6.45) is 0.536. The predicted octanol–water partition coefficient (Wildman–Crippen LogP) is 1.44. The Morgan fingerprint density at radius 3 is 2.50 bits per heavy atom. The SMILES string of the molecule is CNc1cc(OS(=O)(=O)F)cc(C=O)c1C. The molecule has 0 aromatic heterocycles. The lowest BCUT2D eigenvalue weighted by Gasteiger charge is -2.09. The molecule has 88 valence electrons. The molecule has 7 heteroatoms. The first-order valence-corrected chi connectivity index (χ1v) is 5.60. The van der Waals surface area contributed by atoms with E-state index >= 15 is 0 Å². The lowest BCUT2D eigenvalue weighted by atomic mass is 10.1. The van der Waals surface area contributed by atoms with Crippen molar-refractivity contribution in [1.29, 1.82) is 0 Å². The molecular formula is C9H10FNO4S. The quantitative estimate of drug-likeness (QED) is 0.644. The third-order valence-corrected chi connectivity index (χ3v) is 2.40. The first-order valence-electron chi connectivity index (χ1n) is 4.29. The molecular weight excluding hydrogens is 237 g/mol. The molecule has 0 bridgehead atoms. The van der Waals surface area contributed by atoms with Gasteiger partial charge in [0.1, 0.15) is 5.75 Å². The van der Waals surface area contributed by atoms with Crippen molar-refractivity contribution in [1.82, 2.24) is 0 Å². The van der Waals surface area contributed by atoms with Gasteiger partial charge in [-0.3, -0.25) is 4.79 Å².